The quantitative estimate of drug-likeness (QED) is 0.811. The normalized spacial score (nSPS) is 15.8. The number of likely N-dealkylation sites (N-methyl/N-ethyl adjacent to an activating group) is 1. The van der Waals surface area contributed by atoms with Gasteiger partial charge in [0, 0.05) is 39.8 Å². The summed E-state index contributed by atoms with van der Waals surface area (Å²) in [7, 11) is 1.90. The molecule has 0 unspecified atom stereocenters. The molecule has 27 heavy (non-hydrogen) atoms. The molecule has 1 amide bonds. The second-order valence-electron chi connectivity index (χ2n) is 7.07. The van der Waals surface area contributed by atoms with Crippen LogP contribution in [0.5, 0.6) is 0 Å². The number of benzene rings is 2. The van der Waals surface area contributed by atoms with Crippen LogP contribution in [-0.2, 0) is 4.79 Å². The van der Waals surface area contributed by atoms with Crippen LogP contribution in [0, 0.1) is 0 Å². The number of aliphatic hydroxyl groups is 1. The number of aliphatic hydroxyl groups excluding tert-OH is 1. The molecule has 1 heterocycles. The lowest BCUT2D eigenvalue weighted by Gasteiger charge is -2.36. The Balaban J connectivity index is 1.69. The van der Waals surface area contributed by atoms with Crippen molar-refractivity contribution in [3.63, 3.8) is 0 Å². The predicted octanol–water partition coefficient (Wildman–Crippen LogP) is 1.84. The van der Waals surface area contributed by atoms with Crippen molar-refractivity contribution in [3.05, 3.63) is 71.8 Å². The molecule has 2 aromatic rings. The van der Waals surface area contributed by atoms with Crippen molar-refractivity contribution >= 4 is 5.91 Å². The molecule has 0 saturated carbocycles. The van der Waals surface area contributed by atoms with E-state index in [0.717, 1.165) is 37.3 Å². The van der Waals surface area contributed by atoms with Crippen molar-refractivity contribution in [3.8, 4) is 0 Å². The number of amides is 1. The van der Waals surface area contributed by atoms with E-state index >= 15 is 0 Å². The minimum atomic E-state index is -0.0874. The highest BCUT2D eigenvalue weighted by molar-refractivity contribution is 5.79. The first kappa shape index (κ1) is 19.5. The highest BCUT2D eigenvalue weighted by atomic mass is 16.3. The summed E-state index contributed by atoms with van der Waals surface area (Å²) in [4.78, 5) is 19.3. The number of hydrogen-bond acceptors (Lipinski definition) is 4. The molecule has 1 N–H and O–H groups in total. The van der Waals surface area contributed by atoms with Crippen LogP contribution in [0.25, 0.3) is 0 Å². The molecule has 2 aromatic carbocycles. The molecule has 144 valence electrons. The fraction of sp³-hybridized carbons (Fsp3) is 0.409. The van der Waals surface area contributed by atoms with Gasteiger partial charge in [0.05, 0.1) is 19.2 Å². The summed E-state index contributed by atoms with van der Waals surface area (Å²) >= 11 is 0. The standard InChI is InChI=1S/C22H29N3O2/c1-23(21(27)18-25-14-12-24(13-15-25)16-17-26)22(19-8-4-2-5-9-19)20-10-6-3-7-11-20/h2-11,22,26H,12-18H2,1H3. The Kier molecular flexibility index (Phi) is 6.98. The third-order valence-electron chi connectivity index (χ3n) is 5.25. The van der Waals surface area contributed by atoms with Gasteiger partial charge in [-0.05, 0) is 11.1 Å². The molecule has 1 aliphatic rings. The molecule has 3 rings (SSSR count). The van der Waals surface area contributed by atoms with Gasteiger partial charge in [0.1, 0.15) is 0 Å². The molecule has 0 aromatic heterocycles. The Morgan fingerprint density at radius 3 is 1.89 bits per heavy atom. The van der Waals surface area contributed by atoms with Crippen molar-refractivity contribution in [2.75, 3.05) is 52.9 Å². The number of carbonyl (C=O) groups excluding carboxylic acids is 1. The van der Waals surface area contributed by atoms with Gasteiger partial charge in [0.25, 0.3) is 0 Å². The molecule has 0 aliphatic carbocycles. The third kappa shape index (κ3) is 5.16. The average Bonchev–Trinajstić information content (AvgIpc) is 2.71. The molecule has 5 heteroatoms. The van der Waals surface area contributed by atoms with E-state index < -0.39 is 0 Å². The van der Waals surface area contributed by atoms with E-state index in [1.165, 1.54) is 0 Å². The molecule has 0 atom stereocenters. The number of piperazine rings is 1. The highest BCUT2D eigenvalue weighted by Gasteiger charge is 2.26. The lowest BCUT2D eigenvalue weighted by molar-refractivity contribution is -0.133. The summed E-state index contributed by atoms with van der Waals surface area (Å²) in [5.41, 5.74) is 2.24. The van der Waals surface area contributed by atoms with Crippen LogP contribution in [0.3, 0.4) is 0 Å². The zero-order chi connectivity index (χ0) is 19.1. The van der Waals surface area contributed by atoms with E-state index in [4.69, 9.17) is 5.11 Å². The lowest BCUT2D eigenvalue weighted by Crippen LogP contribution is -2.50. The first-order valence-electron chi connectivity index (χ1n) is 9.60. The maximum absolute atomic E-state index is 13.0. The largest absolute Gasteiger partial charge is 0.395 e. The van der Waals surface area contributed by atoms with E-state index in [1.807, 2.05) is 48.3 Å². The molecule has 1 saturated heterocycles. The van der Waals surface area contributed by atoms with Crippen LogP contribution < -0.4 is 0 Å². The van der Waals surface area contributed by atoms with Crippen molar-refractivity contribution < 1.29 is 9.90 Å². The van der Waals surface area contributed by atoms with Gasteiger partial charge in [0.2, 0.25) is 5.91 Å². The first-order valence-corrected chi connectivity index (χ1v) is 9.60. The molecule has 1 fully saturated rings. The Morgan fingerprint density at radius 2 is 1.41 bits per heavy atom. The molecular weight excluding hydrogens is 338 g/mol. The third-order valence-corrected chi connectivity index (χ3v) is 5.25. The predicted molar refractivity (Wildman–Crippen MR) is 107 cm³/mol. The molecule has 0 bridgehead atoms. The maximum atomic E-state index is 13.0. The topological polar surface area (TPSA) is 47.0 Å². The van der Waals surface area contributed by atoms with E-state index in [1.54, 1.807) is 0 Å². The monoisotopic (exact) mass is 367 g/mol. The van der Waals surface area contributed by atoms with Crippen LogP contribution in [0.2, 0.25) is 0 Å². The lowest BCUT2D eigenvalue weighted by atomic mass is 9.97. The Labute approximate surface area is 161 Å². The van der Waals surface area contributed by atoms with Crippen LogP contribution in [0.4, 0.5) is 0 Å². The van der Waals surface area contributed by atoms with Crippen molar-refractivity contribution in [2.45, 2.75) is 6.04 Å². The summed E-state index contributed by atoms with van der Waals surface area (Å²) in [5, 5.41) is 9.06. The van der Waals surface area contributed by atoms with E-state index in [0.29, 0.717) is 13.1 Å². The summed E-state index contributed by atoms with van der Waals surface area (Å²) in [5.74, 6) is 0.128. The number of β-amino-alcohol motifs (C(OH)–C–C–N with tert-alkyl or cyclic N) is 1. The van der Waals surface area contributed by atoms with E-state index in [2.05, 4.69) is 34.1 Å². The fourth-order valence-electron chi connectivity index (χ4n) is 3.67. The second kappa shape index (κ2) is 9.65. The minimum Gasteiger partial charge on any atom is -0.395 e. The Bertz CT molecular complexity index is 661. The zero-order valence-electron chi connectivity index (χ0n) is 16.0. The van der Waals surface area contributed by atoms with Gasteiger partial charge in [0.15, 0.2) is 0 Å². The smallest absolute Gasteiger partial charge is 0.237 e. The summed E-state index contributed by atoms with van der Waals surface area (Å²) in [6.07, 6.45) is 0. The zero-order valence-corrected chi connectivity index (χ0v) is 16.0. The Morgan fingerprint density at radius 1 is 0.926 bits per heavy atom. The number of hydrogen-bond donors (Lipinski definition) is 1. The van der Waals surface area contributed by atoms with E-state index in [-0.39, 0.29) is 18.6 Å². The molecule has 0 spiro atoms. The number of nitrogens with zero attached hydrogens (tertiary/aromatic N) is 3. The van der Waals surface area contributed by atoms with Gasteiger partial charge >= 0.3 is 0 Å². The van der Waals surface area contributed by atoms with Crippen molar-refractivity contribution in [1.82, 2.24) is 14.7 Å². The van der Waals surface area contributed by atoms with Gasteiger partial charge in [-0.1, -0.05) is 60.7 Å². The minimum absolute atomic E-state index is 0.0874. The van der Waals surface area contributed by atoms with E-state index in [9.17, 15) is 4.79 Å². The summed E-state index contributed by atoms with van der Waals surface area (Å²) in [6.45, 7) is 4.86. The molecule has 0 radical (unpaired) electrons. The van der Waals surface area contributed by atoms with Gasteiger partial charge in [-0.15, -0.1) is 0 Å². The SMILES string of the molecule is CN(C(=O)CN1CCN(CCO)CC1)C(c1ccccc1)c1ccccc1. The molecule has 5 nitrogen and oxygen atoms in total. The van der Waals surface area contributed by atoms with Crippen LogP contribution in [0.15, 0.2) is 60.7 Å². The van der Waals surface area contributed by atoms with Crippen LogP contribution >= 0.6 is 0 Å². The average molecular weight is 367 g/mol. The Hall–Kier alpha value is -2.21. The van der Waals surface area contributed by atoms with Gasteiger partial charge < -0.3 is 10.0 Å². The summed E-state index contributed by atoms with van der Waals surface area (Å²) < 4.78 is 0. The van der Waals surface area contributed by atoms with Crippen molar-refractivity contribution in [2.24, 2.45) is 0 Å². The molecular formula is C22H29N3O2. The second-order valence-corrected chi connectivity index (χ2v) is 7.07. The summed E-state index contributed by atoms with van der Waals surface area (Å²) in [6, 6.07) is 20.3. The van der Waals surface area contributed by atoms with Crippen LogP contribution in [-0.4, -0.2) is 78.6 Å². The molecule has 1 aliphatic heterocycles. The number of carbonyl (C=O) groups is 1. The maximum Gasteiger partial charge on any atom is 0.237 e. The highest BCUT2D eigenvalue weighted by Crippen LogP contribution is 2.27. The first-order chi connectivity index (χ1) is 13.2. The fourth-order valence-corrected chi connectivity index (χ4v) is 3.67. The van der Waals surface area contributed by atoms with Crippen molar-refractivity contribution in [1.29, 1.82) is 0 Å². The van der Waals surface area contributed by atoms with Crippen LogP contribution in [0.1, 0.15) is 17.2 Å². The van der Waals surface area contributed by atoms with Gasteiger partial charge in [-0.3, -0.25) is 14.6 Å². The van der Waals surface area contributed by atoms with Gasteiger partial charge in [-0.25, -0.2) is 0 Å². The van der Waals surface area contributed by atoms with Gasteiger partial charge in [-0.2, -0.15) is 0 Å². The number of rotatable bonds is 7.